The van der Waals surface area contributed by atoms with E-state index in [0.29, 0.717) is 11.5 Å². The summed E-state index contributed by atoms with van der Waals surface area (Å²) in [5.74, 6) is 0.409. The number of tetrazole rings is 1. The quantitative estimate of drug-likeness (QED) is 0.662. The molecule has 2 aromatic rings. The lowest BCUT2D eigenvalue weighted by Gasteiger charge is -2.06. The minimum atomic E-state index is -0.568. The van der Waals surface area contributed by atoms with E-state index in [0.717, 1.165) is 0 Å². The van der Waals surface area contributed by atoms with Gasteiger partial charge in [0.1, 0.15) is 5.02 Å². The van der Waals surface area contributed by atoms with Gasteiger partial charge in [-0.25, -0.2) is 0 Å². The monoisotopic (exact) mass is 268 g/mol. The van der Waals surface area contributed by atoms with Gasteiger partial charge in [-0.3, -0.25) is 10.1 Å². The Labute approximate surface area is 106 Å². The lowest BCUT2D eigenvalue weighted by molar-refractivity contribution is -0.384. The number of halogens is 1. The van der Waals surface area contributed by atoms with E-state index >= 15 is 0 Å². The molecular weight excluding hydrogens is 260 g/mol. The predicted octanol–water partition coefficient (Wildman–Crippen LogP) is 1.24. The second-order valence-electron chi connectivity index (χ2n) is 3.63. The van der Waals surface area contributed by atoms with Crippen LogP contribution in [0.4, 0.5) is 5.69 Å². The molecule has 2 rings (SSSR count). The van der Waals surface area contributed by atoms with E-state index in [2.05, 4.69) is 15.5 Å². The molecule has 1 unspecified atom stereocenters. The number of aromatic nitrogens is 4. The number of benzene rings is 1. The molecule has 1 heterocycles. The Morgan fingerprint density at radius 2 is 2.28 bits per heavy atom. The molecular formula is C9H9ClN6O2. The van der Waals surface area contributed by atoms with E-state index in [9.17, 15) is 10.1 Å². The molecule has 8 nitrogen and oxygen atoms in total. The van der Waals surface area contributed by atoms with Crippen molar-refractivity contribution in [1.82, 2.24) is 20.2 Å². The van der Waals surface area contributed by atoms with Gasteiger partial charge in [-0.2, -0.15) is 4.68 Å². The summed E-state index contributed by atoms with van der Waals surface area (Å²) in [5, 5.41) is 21.9. The highest BCUT2D eigenvalue weighted by molar-refractivity contribution is 6.32. The first-order valence-corrected chi connectivity index (χ1v) is 5.36. The minimum Gasteiger partial charge on any atom is -0.321 e. The molecule has 0 spiro atoms. The first-order chi connectivity index (χ1) is 8.50. The maximum Gasteiger partial charge on any atom is 0.290 e. The Kier molecular flexibility index (Phi) is 3.21. The van der Waals surface area contributed by atoms with E-state index in [4.69, 9.17) is 17.3 Å². The van der Waals surface area contributed by atoms with Crippen LogP contribution < -0.4 is 5.73 Å². The molecule has 0 aliphatic carbocycles. The van der Waals surface area contributed by atoms with Crippen molar-refractivity contribution in [2.45, 2.75) is 13.0 Å². The molecule has 0 saturated carbocycles. The molecule has 1 atom stereocenters. The molecule has 0 saturated heterocycles. The molecule has 0 aliphatic heterocycles. The fraction of sp³-hybridized carbons (Fsp3) is 0.222. The fourth-order valence-corrected chi connectivity index (χ4v) is 1.62. The highest BCUT2D eigenvalue weighted by atomic mass is 35.5. The van der Waals surface area contributed by atoms with Gasteiger partial charge in [0.15, 0.2) is 5.82 Å². The summed E-state index contributed by atoms with van der Waals surface area (Å²) in [6.07, 6.45) is 0. The van der Waals surface area contributed by atoms with Gasteiger partial charge in [-0.05, 0) is 29.5 Å². The molecule has 1 aromatic heterocycles. The number of hydrogen-bond donors (Lipinski definition) is 1. The van der Waals surface area contributed by atoms with Crippen LogP contribution in [-0.4, -0.2) is 25.1 Å². The minimum absolute atomic E-state index is 0.0548. The predicted molar refractivity (Wildman–Crippen MR) is 63.4 cm³/mol. The molecule has 1 aromatic carbocycles. The Bertz CT molecular complexity index is 596. The molecule has 0 bridgehead atoms. The van der Waals surface area contributed by atoms with Gasteiger partial charge in [0.05, 0.1) is 16.7 Å². The molecule has 18 heavy (non-hydrogen) atoms. The van der Waals surface area contributed by atoms with Crippen LogP contribution in [0.15, 0.2) is 18.2 Å². The third kappa shape index (κ3) is 2.15. The smallest absolute Gasteiger partial charge is 0.290 e. The highest BCUT2D eigenvalue weighted by Crippen LogP contribution is 2.27. The SMILES string of the molecule is CC(N)c1nnnn1-c1ccc(Cl)c([N+](=O)[O-])c1. The summed E-state index contributed by atoms with van der Waals surface area (Å²) in [6, 6.07) is 3.90. The molecule has 0 fully saturated rings. The number of nitrogens with zero attached hydrogens (tertiary/aromatic N) is 5. The highest BCUT2D eigenvalue weighted by Gasteiger charge is 2.17. The van der Waals surface area contributed by atoms with Gasteiger partial charge >= 0.3 is 0 Å². The number of rotatable bonds is 3. The average molecular weight is 269 g/mol. The molecule has 9 heteroatoms. The van der Waals surface area contributed by atoms with Gasteiger partial charge < -0.3 is 5.73 Å². The summed E-state index contributed by atoms with van der Waals surface area (Å²) < 4.78 is 1.34. The second kappa shape index (κ2) is 4.67. The summed E-state index contributed by atoms with van der Waals surface area (Å²) in [5.41, 5.74) is 5.93. The van der Waals surface area contributed by atoms with Crippen molar-refractivity contribution in [3.8, 4) is 5.69 Å². The summed E-state index contributed by atoms with van der Waals surface area (Å²) >= 11 is 5.73. The van der Waals surface area contributed by atoms with Crippen molar-refractivity contribution in [2.75, 3.05) is 0 Å². The van der Waals surface area contributed by atoms with Crippen molar-refractivity contribution >= 4 is 17.3 Å². The number of hydrogen-bond acceptors (Lipinski definition) is 6. The molecule has 94 valence electrons. The van der Waals surface area contributed by atoms with Crippen molar-refractivity contribution in [2.24, 2.45) is 5.73 Å². The van der Waals surface area contributed by atoms with E-state index < -0.39 is 11.0 Å². The van der Waals surface area contributed by atoms with E-state index in [1.807, 2.05) is 0 Å². The van der Waals surface area contributed by atoms with Crippen molar-refractivity contribution in [3.63, 3.8) is 0 Å². The summed E-state index contributed by atoms with van der Waals surface area (Å²) in [7, 11) is 0. The van der Waals surface area contributed by atoms with Crippen LogP contribution in [0.2, 0.25) is 5.02 Å². The maximum atomic E-state index is 10.8. The zero-order chi connectivity index (χ0) is 13.3. The second-order valence-corrected chi connectivity index (χ2v) is 4.04. The van der Waals surface area contributed by atoms with Gasteiger partial charge in [-0.1, -0.05) is 11.6 Å². The summed E-state index contributed by atoms with van der Waals surface area (Å²) in [4.78, 5) is 10.2. The lowest BCUT2D eigenvalue weighted by atomic mass is 10.2. The van der Waals surface area contributed by atoms with Crippen LogP contribution in [0.3, 0.4) is 0 Å². The average Bonchev–Trinajstić information content (AvgIpc) is 2.78. The Hall–Kier alpha value is -2.06. The van der Waals surface area contributed by atoms with Crippen LogP contribution in [0.25, 0.3) is 5.69 Å². The fourth-order valence-electron chi connectivity index (χ4n) is 1.43. The van der Waals surface area contributed by atoms with E-state index in [1.54, 1.807) is 13.0 Å². The van der Waals surface area contributed by atoms with Crippen molar-refractivity contribution < 1.29 is 4.92 Å². The maximum absolute atomic E-state index is 10.8. The number of nitro groups is 1. The van der Waals surface area contributed by atoms with Gasteiger partial charge in [0.2, 0.25) is 0 Å². The third-order valence-corrected chi connectivity index (χ3v) is 2.59. The molecule has 0 aliphatic rings. The zero-order valence-corrected chi connectivity index (χ0v) is 10.1. The van der Waals surface area contributed by atoms with Crippen LogP contribution in [0.5, 0.6) is 0 Å². The first-order valence-electron chi connectivity index (χ1n) is 4.99. The molecule has 0 radical (unpaired) electrons. The van der Waals surface area contributed by atoms with Crippen LogP contribution in [0, 0.1) is 10.1 Å². The van der Waals surface area contributed by atoms with E-state index in [-0.39, 0.29) is 10.7 Å². The van der Waals surface area contributed by atoms with E-state index in [1.165, 1.54) is 16.8 Å². The Balaban J connectivity index is 2.54. The summed E-state index contributed by atoms with van der Waals surface area (Å²) in [6.45, 7) is 1.71. The van der Waals surface area contributed by atoms with Gasteiger partial charge in [0, 0.05) is 6.07 Å². The Morgan fingerprint density at radius 3 is 2.89 bits per heavy atom. The van der Waals surface area contributed by atoms with Crippen LogP contribution in [-0.2, 0) is 0 Å². The van der Waals surface area contributed by atoms with Gasteiger partial charge in [0.25, 0.3) is 5.69 Å². The standard InChI is InChI=1S/C9H9ClN6O2/c1-5(11)9-12-13-14-15(9)6-2-3-7(10)8(4-6)16(17)18/h2-5H,11H2,1H3. The normalized spacial score (nSPS) is 12.4. The van der Waals surface area contributed by atoms with Crippen molar-refractivity contribution in [1.29, 1.82) is 0 Å². The third-order valence-electron chi connectivity index (χ3n) is 2.27. The van der Waals surface area contributed by atoms with Crippen LogP contribution >= 0.6 is 11.6 Å². The lowest BCUT2D eigenvalue weighted by Crippen LogP contribution is -2.13. The van der Waals surface area contributed by atoms with Crippen LogP contribution in [0.1, 0.15) is 18.8 Å². The van der Waals surface area contributed by atoms with Crippen molar-refractivity contribution in [3.05, 3.63) is 39.2 Å². The number of nitrogens with two attached hydrogens (primary N) is 1. The number of nitro benzene ring substituents is 1. The largest absolute Gasteiger partial charge is 0.321 e. The van der Waals surface area contributed by atoms with Gasteiger partial charge in [-0.15, -0.1) is 5.10 Å². The zero-order valence-electron chi connectivity index (χ0n) is 9.32. The Morgan fingerprint density at radius 1 is 1.56 bits per heavy atom. The topological polar surface area (TPSA) is 113 Å². The molecule has 0 amide bonds. The molecule has 2 N–H and O–H groups in total. The first kappa shape index (κ1) is 12.4.